The van der Waals surface area contributed by atoms with Crippen molar-refractivity contribution in [3.05, 3.63) is 6.20 Å². The predicted octanol–water partition coefficient (Wildman–Crippen LogP) is 0.185. The molecule has 0 spiro atoms. The first-order chi connectivity index (χ1) is 6.13. The molecule has 74 valence electrons. The minimum absolute atomic E-state index is 0.168. The van der Waals surface area contributed by atoms with Gasteiger partial charge in [0.15, 0.2) is 5.82 Å². The third kappa shape index (κ3) is 2.62. The summed E-state index contributed by atoms with van der Waals surface area (Å²) in [5, 5.41) is 15.9. The highest BCUT2D eigenvalue weighted by molar-refractivity contribution is 5.60. The average Bonchev–Trinajstić information content (AvgIpc) is 2.30. The predicted molar refractivity (Wildman–Crippen MR) is 52.4 cm³/mol. The van der Waals surface area contributed by atoms with Crippen LogP contribution in [0.15, 0.2) is 6.20 Å². The zero-order chi connectivity index (χ0) is 9.84. The summed E-state index contributed by atoms with van der Waals surface area (Å²) in [6.45, 7) is 2.14. The van der Waals surface area contributed by atoms with Crippen LogP contribution in [0, 0.1) is 0 Å². The van der Waals surface area contributed by atoms with Crippen LogP contribution in [0.25, 0.3) is 0 Å². The molecule has 1 unspecified atom stereocenters. The van der Waals surface area contributed by atoms with E-state index in [4.69, 9.17) is 10.8 Å². The molecule has 0 radical (unpaired) electrons. The highest BCUT2D eigenvalue weighted by atomic mass is 16.3. The third-order valence-electron chi connectivity index (χ3n) is 1.80. The van der Waals surface area contributed by atoms with Crippen molar-refractivity contribution in [1.29, 1.82) is 0 Å². The summed E-state index contributed by atoms with van der Waals surface area (Å²) in [6, 6.07) is 0.183. The van der Waals surface area contributed by atoms with E-state index in [9.17, 15) is 0 Å². The molecular formula is C8H16N4O. The molecule has 5 nitrogen and oxygen atoms in total. The Morgan fingerprint density at radius 2 is 2.46 bits per heavy atom. The van der Waals surface area contributed by atoms with Crippen molar-refractivity contribution in [2.45, 2.75) is 19.4 Å². The number of aliphatic hydroxyl groups excluding tert-OH is 1. The SMILES string of the molecule is CC(CCO)Nc1nn(C)cc1N. The van der Waals surface area contributed by atoms with Crippen LogP contribution >= 0.6 is 0 Å². The first kappa shape index (κ1) is 9.85. The van der Waals surface area contributed by atoms with Gasteiger partial charge in [-0.15, -0.1) is 0 Å². The topological polar surface area (TPSA) is 76.1 Å². The lowest BCUT2D eigenvalue weighted by atomic mass is 10.2. The number of aliphatic hydroxyl groups is 1. The van der Waals surface area contributed by atoms with Gasteiger partial charge in [0.05, 0.1) is 5.69 Å². The maximum Gasteiger partial charge on any atom is 0.171 e. The van der Waals surface area contributed by atoms with Crippen LogP contribution in [0.2, 0.25) is 0 Å². The van der Waals surface area contributed by atoms with Crippen LogP contribution in [0.5, 0.6) is 0 Å². The van der Waals surface area contributed by atoms with Gasteiger partial charge >= 0.3 is 0 Å². The molecule has 0 aromatic carbocycles. The Morgan fingerprint density at radius 1 is 1.77 bits per heavy atom. The third-order valence-corrected chi connectivity index (χ3v) is 1.80. The normalized spacial score (nSPS) is 12.8. The van der Waals surface area contributed by atoms with Crippen molar-refractivity contribution in [1.82, 2.24) is 9.78 Å². The van der Waals surface area contributed by atoms with Crippen LogP contribution in [-0.4, -0.2) is 27.5 Å². The molecule has 0 saturated heterocycles. The number of nitrogens with one attached hydrogen (secondary N) is 1. The number of hydrogen-bond donors (Lipinski definition) is 3. The number of nitrogen functional groups attached to an aromatic ring is 1. The largest absolute Gasteiger partial charge is 0.396 e. The fourth-order valence-electron chi connectivity index (χ4n) is 1.12. The second-order valence-corrected chi connectivity index (χ2v) is 3.16. The molecule has 13 heavy (non-hydrogen) atoms. The standard InChI is InChI=1S/C8H16N4O/c1-6(3-4-13)10-8-7(9)5-12(2)11-8/h5-6,13H,3-4,9H2,1-2H3,(H,10,11). The second kappa shape index (κ2) is 4.13. The number of aromatic nitrogens is 2. The van der Waals surface area contributed by atoms with E-state index in [2.05, 4.69) is 10.4 Å². The molecule has 1 rings (SSSR count). The van der Waals surface area contributed by atoms with Crippen molar-refractivity contribution < 1.29 is 5.11 Å². The van der Waals surface area contributed by atoms with Gasteiger partial charge in [-0.05, 0) is 13.3 Å². The lowest BCUT2D eigenvalue weighted by Crippen LogP contribution is -2.17. The Kier molecular flexibility index (Phi) is 3.13. The highest BCUT2D eigenvalue weighted by Crippen LogP contribution is 2.15. The molecular weight excluding hydrogens is 168 g/mol. The summed E-state index contributed by atoms with van der Waals surface area (Å²) in [6.07, 6.45) is 2.43. The van der Waals surface area contributed by atoms with E-state index in [1.807, 2.05) is 14.0 Å². The van der Waals surface area contributed by atoms with Gasteiger partial charge in [-0.1, -0.05) is 0 Å². The van der Waals surface area contributed by atoms with Gasteiger partial charge < -0.3 is 16.2 Å². The van der Waals surface area contributed by atoms with Gasteiger partial charge in [0.25, 0.3) is 0 Å². The maximum absolute atomic E-state index is 8.69. The fourth-order valence-corrected chi connectivity index (χ4v) is 1.12. The molecule has 0 bridgehead atoms. The molecule has 0 aliphatic heterocycles. The molecule has 0 aliphatic carbocycles. The van der Waals surface area contributed by atoms with E-state index >= 15 is 0 Å². The fraction of sp³-hybridized carbons (Fsp3) is 0.625. The molecule has 0 aliphatic rings. The first-order valence-corrected chi connectivity index (χ1v) is 4.30. The zero-order valence-corrected chi connectivity index (χ0v) is 7.99. The van der Waals surface area contributed by atoms with Crippen LogP contribution in [-0.2, 0) is 7.05 Å². The Labute approximate surface area is 77.5 Å². The quantitative estimate of drug-likeness (QED) is 0.624. The Morgan fingerprint density at radius 3 is 2.92 bits per heavy atom. The number of nitrogens with zero attached hydrogens (tertiary/aromatic N) is 2. The Balaban J connectivity index is 2.57. The first-order valence-electron chi connectivity index (χ1n) is 4.30. The van der Waals surface area contributed by atoms with E-state index in [1.54, 1.807) is 10.9 Å². The van der Waals surface area contributed by atoms with Crippen LogP contribution in [0.1, 0.15) is 13.3 Å². The number of nitrogens with two attached hydrogens (primary N) is 1. The van der Waals surface area contributed by atoms with Gasteiger partial charge in [-0.25, -0.2) is 0 Å². The summed E-state index contributed by atoms with van der Waals surface area (Å²) in [5.74, 6) is 0.684. The summed E-state index contributed by atoms with van der Waals surface area (Å²) >= 11 is 0. The molecule has 0 amide bonds. The summed E-state index contributed by atoms with van der Waals surface area (Å²) in [5.41, 5.74) is 6.31. The molecule has 4 N–H and O–H groups in total. The number of rotatable bonds is 4. The van der Waals surface area contributed by atoms with E-state index in [0.29, 0.717) is 17.9 Å². The molecule has 1 atom stereocenters. The lowest BCUT2D eigenvalue weighted by molar-refractivity contribution is 0.282. The molecule has 1 heterocycles. The maximum atomic E-state index is 8.69. The van der Waals surface area contributed by atoms with E-state index in [-0.39, 0.29) is 12.6 Å². The summed E-state index contributed by atoms with van der Waals surface area (Å²) < 4.78 is 1.66. The van der Waals surface area contributed by atoms with E-state index < -0.39 is 0 Å². The lowest BCUT2D eigenvalue weighted by Gasteiger charge is -2.11. The molecule has 1 aromatic heterocycles. The zero-order valence-electron chi connectivity index (χ0n) is 7.99. The Bertz CT molecular complexity index is 271. The smallest absolute Gasteiger partial charge is 0.171 e. The second-order valence-electron chi connectivity index (χ2n) is 3.16. The van der Waals surface area contributed by atoms with Crippen molar-refractivity contribution in [2.75, 3.05) is 17.7 Å². The van der Waals surface area contributed by atoms with Gasteiger partial charge in [-0.3, -0.25) is 4.68 Å². The van der Waals surface area contributed by atoms with E-state index in [1.165, 1.54) is 0 Å². The average molecular weight is 184 g/mol. The number of hydrogen-bond acceptors (Lipinski definition) is 4. The molecule has 0 fully saturated rings. The van der Waals surface area contributed by atoms with Gasteiger partial charge in [0.2, 0.25) is 0 Å². The van der Waals surface area contributed by atoms with Gasteiger partial charge in [-0.2, -0.15) is 5.10 Å². The summed E-state index contributed by atoms with van der Waals surface area (Å²) in [4.78, 5) is 0. The van der Waals surface area contributed by atoms with Crippen molar-refractivity contribution in [2.24, 2.45) is 7.05 Å². The number of aryl methyl sites for hydroxylation is 1. The van der Waals surface area contributed by atoms with Crippen molar-refractivity contribution in [3.63, 3.8) is 0 Å². The van der Waals surface area contributed by atoms with Gasteiger partial charge in [0.1, 0.15) is 0 Å². The van der Waals surface area contributed by atoms with Crippen molar-refractivity contribution >= 4 is 11.5 Å². The minimum atomic E-state index is 0.168. The Hall–Kier alpha value is -1.23. The molecule has 1 aromatic rings. The number of anilines is 2. The summed E-state index contributed by atoms with van der Waals surface area (Å²) in [7, 11) is 1.82. The van der Waals surface area contributed by atoms with Gasteiger partial charge in [0, 0.05) is 25.9 Å². The monoisotopic (exact) mass is 184 g/mol. The van der Waals surface area contributed by atoms with Crippen molar-refractivity contribution in [3.8, 4) is 0 Å². The van der Waals surface area contributed by atoms with Crippen LogP contribution < -0.4 is 11.1 Å². The minimum Gasteiger partial charge on any atom is -0.396 e. The van der Waals surface area contributed by atoms with Crippen LogP contribution in [0.4, 0.5) is 11.5 Å². The molecule has 0 saturated carbocycles. The molecule has 5 heteroatoms. The highest BCUT2D eigenvalue weighted by Gasteiger charge is 2.06. The van der Waals surface area contributed by atoms with E-state index in [0.717, 1.165) is 0 Å². The van der Waals surface area contributed by atoms with Crippen LogP contribution in [0.3, 0.4) is 0 Å².